The van der Waals surface area contributed by atoms with Gasteiger partial charge in [0.15, 0.2) is 0 Å². The minimum absolute atomic E-state index is 0.0207. The van der Waals surface area contributed by atoms with Gasteiger partial charge in [0.2, 0.25) is 10.0 Å². The number of piperidine rings is 1. The Balaban J connectivity index is 1.39. The fourth-order valence-electron chi connectivity index (χ4n) is 3.37. The van der Waals surface area contributed by atoms with Gasteiger partial charge in [-0.1, -0.05) is 18.6 Å². The van der Waals surface area contributed by atoms with Crippen LogP contribution in [0.25, 0.3) is 11.3 Å². The number of anilines is 1. The van der Waals surface area contributed by atoms with Crippen LogP contribution in [0, 0.1) is 10.1 Å². The van der Waals surface area contributed by atoms with Crippen molar-refractivity contribution in [2.75, 3.05) is 18.5 Å². The Bertz CT molecular complexity index is 1230. The van der Waals surface area contributed by atoms with E-state index in [9.17, 15) is 18.5 Å². The van der Waals surface area contributed by atoms with E-state index in [4.69, 9.17) is 4.42 Å². The van der Waals surface area contributed by atoms with E-state index in [1.54, 1.807) is 30.3 Å². The summed E-state index contributed by atoms with van der Waals surface area (Å²) >= 11 is 0. The lowest BCUT2D eigenvalue weighted by atomic mass is 10.1. The lowest BCUT2D eigenvalue weighted by molar-refractivity contribution is -0.384. The summed E-state index contributed by atoms with van der Waals surface area (Å²) in [7, 11) is -3.53. The van der Waals surface area contributed by atoms with Crippen molar-refractivity contribution in [3.8, 4) is 11.3 Å². The van der Waals surface area contributed by atoms with Crippen LogP contribution in [0.2, 0.25) is 0 Å². The number of rotatable bonds is 7. The number of nitro benzene ring substituents is 1. The monoisotopic (exact) mass is 455 g/mol. The van der Waals surface area contributed by atoms with Crippen molar-refractivity contribution in [3.63, 3.8) is 0 Å². The number of hydrogen-bond acceptors (Lipinski definition) is 8. The Hall–Kier alpha value is -3.57. The van der Waals surface area contributed by atoms with Crippen LogP contribution < -0.4 is 5.43 Å². The van der Waals surface area contributed by atoms with E-state index in [0.717, 1.165) is 19.3 Å². The van der Waals surface area contributed by atoms with Gasteiger partial charge in [0.05, 0.1) is 11.1 Å². The molecule has 1 aliphatic heterocycles. The maximum Gasteiger partial charge on any atom is 0.270 e. The highest BCUT2D eigenvalue weighted by atomic mass is 32.2. The average Bonchev–Trinajstić information content (AvgIpc) is 3.29. The number of sulfonamides is 1. The molecule has 0 radical (unpaired) electrons. The quantitative estimate of drug-likeness (QED) is 0.325. The summed E-state index contributed by atoms with van der Waals surface area (Å²) in [6.45, 7) is 1.07. The maximum atomic E-state index is 12.7. The number of non-ortho nitro benzene ring substituents is 1. The second kappa shape index (κ2) is 9.28. The number of nitro groups is 1. The van der Waals surface area contributed by atoms with E-state index >= 15 is 0 Å². The van der Waals surface area contributed by atoms with Crippen LogP contribution in [-0.4, -0.2) is 41.9 Å². The first-order chi connectivity index (χ1) is 15.4. The van der Waals surface area contributed by atoms with Crippen molar-refractivity contribution in [1.29, 1.82) is 0 Å². The van der Waals surface area contributed by atoms with Crippen LogP contribution in [0.4, 0.5) is 11.5 Å². The minimum atomic E-state index is -3.53. The molecule has 1 N–H and O–H groups in total. The highest BCUT2D eigenvalue weighted by Gasteiger charge is 2.26. The zero-order valence-electron chi connectivity index (χ0n) is 17.0. The van der Waals surface area contributed by atoms with Crippen LogP contribution in [0.15, 0.2) is 69.1 Å². The first-order valence-corrected chi connectivity index (χ1v) is 11.5. The molecule has 166 valence electrons. The van der Waals surface area contributed by atoms with Crippen molar-refractivity contribution in [3.05, 3.63) is 70.6 Å². The Kier molecular flexibility index (Phi) is 6.28. The Morgan fingerprint density at radius 1 is 1.12 bits per heavy atom. The summed E-state index contributed by atoms with van der Waals surface area (Å²) in [6.07, 6.45) is 5.54. The van der Waals surface area contributed by atoms with Gasteiger partial charge in [-0.05, 0) is 37.1 Å². The summed E-state index contributed by atoms with van der Waals surface area (Å²) in [6, 6.07) is 12.6. The number of benzene rings is 1. The van der Waals surface area contributed by atoms with Crippen LogP contribution in [-0.2, 0) is 10.0 Å². The minimum Gasteiger partial charge on any atom is -0.455 e. The number of hydrogen-bond donors (Lipinski definition) is 1. The largest absolute Gasteiger partial charge is 0.455 e. The molecule has 0 atom stereocenters. The third-order valence-corrected chi connectivity index (χ3v) is 6.91. The predicted molar refractivity (Wildman–Crippen MR) is 119 cm³/mol. The van der Waals surface area contributed by atoms with Crippen molar-refractivity contribution < 1.29 is 17.8 Å². The normalized spacial score (nSPS) is 15.1. The van der Waals surface area contributed by atoms with Gasteiger partial charge in [0.1, 0.15) is 22.2 Å². The molecule has 2 aromatic heterocycles. The molecule has 0 amide bonds. The first-order valence-electron chi connectivity index (χ1n) is 10.0. The van der Waals surface area contributed by atoms with Crippen LogP contribution in [0.3, 0.4) is 0 Å². The highest BCUT2D eigenvalue weighted by Crippen LogP contribution is 2.25. The molecule has 1 aliphatic rings. The third-order valence-electron chi connectivity index (χ3n) is 5.03. The molecule has 3 aromatic rings. The smallest absolute Gasteiger partial charge is 0.270 e. The lowest BCUT2D eigenvalue weighted by Gasteiger charge is -2.25. The summed E-state index contributed by atoms with van der Waals surface area (Å²) < 4.78 is 32.5. The molecule has 4 rings (SSSR count). The van der Waals surface area contributed by atoms with E-state index in [1.807, 2.05) is 0 Å². The van der Waals surface area contributed by atoms with Gasteiger partial charge in [-0.25, -0.2) is 13.4 Å². The number of aromatic nitrogens is 1. The van der Waals surface area contributed by atoms with Gasteiger partial charge in [0, 0.05) is 37.0 Å². The molecule has 0 unspecified atom stereocenters. The van der Waals surface area contributed by atoms with Gasteiger partial charge in [0.25, 0.3) is 5.69 Å². The van der Waals surface area contributed by atoms with Crippen molar-refractivity contribution in [2.45, 2.75) is 24.2 Å². The molecule has 0 aliphatic carbocycles. The third kappa shape index (κ3) is 4.84. The van der Waals surface area contributed by atoms with Crippen LogP contribution >= 0.6 is 0 Å². The Morgan fingerprint density at radius 2 is 1.94 bits per heavy atom. The first kappa shape index (κ1) is 21.7. The second-order valence-electron chi connectivity index (χ2n) is 7.22. The number of nitrogens with one attached hydrogen (secondary N) is 1. The van der Waals surface area contributed by atoms with Gasteiger partial charge < -0.3 is 4.42 Å². The molecule has 1 aromatic carbocycles. The van der Waals surface area contributed by atoms with Crippen molar-refractivity contribution in [2.24, 2.45) is 5.10 Å². The zero-order valence-corrected chi connectivity index (χ0v) is 17.9. The second-order valence-corrected chi connectivity index (χ2v) is 9.16. The maximum absolute atomic E-state index is 12.7. The summed E-state index contributed by atoms with van der Waals surface area (Å²) in [4.78, 5) is 14.7. The van der Waals surface area contributed by atoms with E-state index in [0.29, 0.717) is 36.0 Å². The molecule has 0 spiro atoms. The molecule has 0 bridgehead atoms. The number of nitrogens with zero attached hydrogens (tertiary/aromatic N) is 4. The fourth-order valence-corrected chi connectivity index (χ4v) is 4.83. The number of pyridine rings is 1. The number of furan rings is 1. The molecule has 11 heteroatoms. The zero-order chi connectivity index (χ0) is 22.6. The molecular formula is C21H21N5O5S. The molecule has 0 saturated carbocycles. The summed E-state index contributed by atoms with van der Waals surface area (Å²) in [5.41, 5.74) is 3.29. The van der Waals surface area contributed by atoms with Crippen molar-refractivity contribution >= 4 is 27.7 Å². The van der Waals surface area contributed by atoms with E-state index in [2.05, 4.69) is 15.5 Å². The van der Waals surface area contributed by atoms with Gasteiger partial charge in [-0.3, -0.25) is 15.5 Å². The lowest BCUT2D eigenvalue weighted by Crippen LogP contribution is -2.35. The number of hydrazone groups is 1. The van der Waals surface area contributed by atoms with E-state index in [1.165, 1.54) is 34.9 Å². The molecule has 32 heavy (non-hydrogen) atoms. The fraction of sp³-hybridized carbons (Fsp3) is 0.238. The molecular weight excluding hydrogens is 434 g/mol. The van der Waals surface area contributed by atoms with Crippen molar-refractivity contribution in [1.82, 2.24) is 9.29 Å². The summed E-state index contributed by atoms with van der Waals surface area (Å²) in [5, 5.41) is 15.0. The SMILES string of the molecule is O=[N+]([O-])c1cccc(-c2ccc(/C=N/Nc3ccc(S(=O)(=O)N4CCCCC4)cn3)o2)c1. The predicted octanol–water partition coefficient (Wildman–Crippen LogP) is 3.87. The standard InChI is InChI=1S/C21H21N5O5S/c27-26(28)17-6-4-5-16(13-17)20-9-7-18(31-20)14-23-24-21-10-8-19(15-22-21)32(29,30)25-11-2-1-3-12-25/h4-10,13-15H,1-3,11-12H2,(H,22,24)/b23-14+. The summed E-state index contributed by atoms with van der Waals surface area (Å²) in [5.74, 6) is 1.29. The van der Waals surface area contributed by atoms with Gasteiger partial charge >= 0.3 is 0 Å². The Labute approximate surface area is 184 Å². The molecule has 3 heterocycles. The molecule has 10 nitrogen and oxygen atoms in total. The van der Waals surface area contributed by atoms with E-state index in [-0.39, 0.29) is 10.6 Å². The van der Waals surface area contributed by atoms with E-state index < -0.39 is 14.9 Å². The highest BCUT2D eigenvalue weighted by molar-refractivity contribution is 7.89. The van der Waals surface area contributed by atoms with Gasteiger partial charge in [-0.2, -0.15) is 9.41 Å². The van der Waals surface area contributed by atoms with Crippen LogP contribution in [0.5, 0.6) is 0 Å². The van der Waals surface area contributed by atoms with Gasteiger partial charge in [-0.15, -0.1) is 0 Å². The average molecular weight is 455 g/mol. The van der Waals surface area contributed by atoms with Crippen LogP contribution in [0.1, 0.15) is 25.0 Å². The Morgan fingerprint density at radius 3 is 2.66 bits per heavy atom. The molecule has 1 fully saturated rings. The topological polar surface area (TPSA) is 131 Å². The molecule has 1 saturated heterocycles.